The molecular weight excluding hydrogens is 316 g/mol. The topological polar surface area (TPSA) is 20.2 Å². The lowest BCUT2D eigenvalue weighted by Crippen LogP contribution is -1.86. The lowest BCUT2D eigenvalue weighted by molar-refractivity contribution is 0.329. The molecule has 0 bridgehead atoms. The van der Waals surface area contributed by atoms with Gasteiger partial charge < -0.3 is 5.11 Å². The third kappa shape index (κ3) is 3.20. The lowest BCUT2D eigenvalue weighted by Gasteiger charge is -1.96. The zero-order chi connectivity index (χ0) is 9.84. The van der Waals surface area contributed by atoms with Gasteiger partial charge in [-0.1, -0.05) is 6.92 Å². The van der Waals surface area contributed by atoms with Crippen molar-refractivity contribution in [1.29, 1.82) is 0 Å². The van der Waals surface area contributed by atoms with Crippen molar-refractivity contribution >= 4 is 49.3 Å². The van der Waals surface area contributed by atoms with Crippen LogP contribution in [0.3, 0.4) is 0 Å². The van der Waals surface area contributed by atoms with Gasteiger partial charge in [0, 0.05) is 9.35 Å². The summed E-state index contributed by atoms with van der Waals surface area (Å²) in [7, 11) is 0. The number of hydrogen-bond acceptors (Lipinski definition) is 2. The van der Waals surface area contributed by atoms with E-state index in [2.05, 4.69) is 31.9 Å². The summed E-state index contributed by atoms with van der Waals surface area (Å²) in [4.78, 5) is 1.16. The van der Waals surface area contributed by atoms with Gasteiger partial charge in [0.1, 0.15) is 0 Å². The average Bonchev–Trinajstić information content (AvgIpc) is 2.42. The first kappa shape index (κ1) is 11.4. The van der Waals surface area contributed by atoms with Crippen molar-refractivity contribution in [2.75, 3.05) is 6.61 Å². The van der Waals surface area contributed by atoms with E-state index >= 15 is 0 Å². The molecule has 0 fully saturated rings. The lowest BCUT2D eigenvalue weighted by atomic mass is 10.2. The van der Waals surface area contributed by atoms with Gasteiger partial charge in [-0.3, -0.25) is 0 Å². The molecule has 1 N–H and O–H groups in total. The number of aliphatic hydroxyl groups excluding tert-OH is 1. The first-order valence-electron chi connectivity index (χ1n) is 3.92. The minimum atomic E-state index is 0.142. The van der Waals surface area contributed by atoms with Gasteiger partial charge in [0.25, 0.3) is 0 Å². The molecule has 0 unspecified atom stereocenters. The molecule has 1 rings (SSSR count). The van der Waals surface area contributed by atoms with Gasteiger partial charge in [0.2, 0.25) is 0 Å². The summed E-state index contributed by atoms with van der Waals surface area (Å²) in [6.07, 6.45) is 2.92. The maximum absolute atomic E-state index is 8.98. The van der Waals surface area contributed by atoms with Crippen LogP contribution in [0.15, 0.2) is 19.9 Å². The molecule has 1 aromatic heterocycles. The molecule has 0 atom stereocenters. The SMILES string of the molecule is CCC(=Cc1cc(Br)c(Br)s1)CO. The van der Waals surface area contributed by atoms with E-state index in [0.717, 1.165) is 25.1 Å². The Labute approximate surface area is 98.7 Å². The molecule has 0 aliphatic heterocycles. The van der Waals surface area contributed by atoms with Crippen LogP contribution in [0.2, 0.25) is 0 Å². The normalized spacial score (nSPS) is 12.2. The van der Waals surface area contributed by atoms with E-state index in [-0.39, 0.29) is 6.61 Å². The predicted molar refractivity (Wildman–Crippen MR) is 65.1 cm³/mol. The summed E-state index contributed by atoms with van der Waals surface area (Å²) in [6, 6.07) is 2.04. The number of rotatable bonds is 3. The summed E-state index contributed by atoms with van der Waals surface area (Å²) in [5, 5.41) is 8.98. The molecule has 0 aliphatic carbocycles. The highest BCUT2D eigenvalue weighted by molar-refractivity contribution is 9.13. The molecule has 0 radical (unpaired) electrons. The van der Waals surface area contributed by atoms with Crippen molar-refractivity contribution in [3.63, 3.8) is 0 Å². The van der Waals surface area contributed by atoms with E-state index in [1.807, 2.05) is 19.1 Å². The number of thiophene rings is 1. The van der Waals surface area contributed by atoms with Gasteiger partial charge >= 0.3 is 0 Å². The number of hydrogen-bond donors (Lipinski definition) is 1. The summed E-state index contributed by atoms with van der Waals surface area (Å²) < 4.78 is 2.16. The molecule has 0 saturated carbocycles. The largest absolute Gasteiger partial charge is 0.392 e. The second kappa shape index (κ2) is 5.29. The Kier molecular flexibility index (Phi) is 4.66. The van der Waals surface area contributed by atoms with Gasteiger partial charge in [0.05, 0.1) is 10.4 Å². The highest BCUT2D eigenvalue weighted by Crippen LogP contribution is 2.33. The summed E-state index contributed by atoms with van der Waals surface area (Å²) in [5.41, 5.74) is 1.06. The molecule has 0 aromatic carbocycles. The van der Waals surface area contributed by atoms with Crippen molar-refractivity contribution < 1.29 is 5.11 Å². The van der Waals surface area contributed by atoms with Gasteiger partial charge in [-0.15, -0.1) is 11.3 Å². The van der Waals surface area contributed by atoms with Gasteiger partial charge in [-0.25, -0.2) is 0 Å². The fourth-order valence-corrected chi connectivity index (χ4v) is 2.98. The molecule has 0 saturated heterocycles. The van der Waals surface area contributed by atoms with Crippen LogP contribution >= 0.6 is 43.2 Å². The predicted octanol–water partition coefficient (Wildman–Crippen LogP) is 4.06. The van der Waals surface area contributed by atoms with Crippen LogP contribution in [0.5, 0.6) is 0 Å². The molecule has 0 amide bonds. The van der Waals surface area contributed by atoms with E-state index in [9.17, 15) is 0 Å². The molecule has 1 aromatic rings. The van der Waals surface area contributed by atoms with Gasteiger partial charge in [-0.2, -0.15) is 0 Å². The van der Waals surface area contributed by atoms with Gasteiger partial charge in [-0.05, 0) is 56.0 Å². The smallest absolute Gasteiger partial charge is 0.0846 e. The van der Waals surface area contributed by atoms with Crippen LogP contribution in [0.4, 0.5) is 0 Å². The third-order valence-electron chi connectivity index (χ3n) is 1.67. The van der Waals surface area contributed by atoms with Crippen molar-refractivity contribution in [3.8, 4) is 0 Å². The molecule has 1 nitrogen and oxygen atoms in total. The Balaban J connectivity index is 2.89. The molecule has 0 spiro atoms. The van der Waals surface area contributed by atoms with Crippen LogP contribution < -0.4 is 0 Å². The maximum atomic E-state index is 8.98. The Morgan fingerprint density at radius 2 is 2.31 bits per heavy atom. The minimum absolute atomic E-state index is 0.142. The third-order valence-corrected chi connectivity index (χ3v) is 4.87. The molecule has 1 heterocycles. The molecular formula is C9H10Br2OS. The zero-order valence-electron chi connectivity index (χ0n) is 7.18. The van der Waals surface area contributed by atoms with Gasteiger partial charge in [0.15, 0.2) is 0 Å². The van der Waals surface area contributed by atoms with Crippen molar-refractivity contribution in [2.45, 2.75) is 13.3 Å². The monoisotopic (exact) mass is 324 g/mol. The molecule has 72 valence electrons. The Hall–Kier alpha value is 0.360. The first-order valence-corrected chi connectivity index (χ1v) is 6.32. The van der Waals surface area contributed by atoms with Crippen LogP contribution in [0.25, 0.3) is 6.08 Å². The first-order chi connectivity index (χ1) is 6.17. The summed E-state index contributed by atoms with van der Waals surface area (Å²) in [6.45, 7) is 2.18. The standard InChI is InChI=1S/C9H10Br2OS/c1-2-6(5-12)3-7-4-8(10)9(11)13-7/h3-4,12H,2,5H2,1H3. The highest BCUT2D eigenvalue weighted by Gasteiger charge is 2.02. The van der Waals surface area contributed by atoms with Crippen molar-refractivity contribution in [1.82, 2.24) is 0 Å². The average molecular weight is 326 g/mol. The Morgan fingerprint density at radius 1 is 1.62 bits per heavy atom. The summed E-state index contributed by atoms with van der Waals surface area (Å²) >= 11 is 8.51. The van der Waals surface area contributed by atoms with Crippen LogP contribution in [0.1, 0.15) is 18.2 Å². The second-order valence-electron chi connectivity index (χ2n) is 2.58. The Morgan fingerprint density at radius 3 is 2.69 bits per heavy atom. The van der Waals surface area contributed by atoms with Crippen LogP contribution in [-0.2, 0) is 0 Å². The van der Waals surface area contributed by atoms with E-state index in [1.165, 1.54) is 0 Å². The number of halogens is 2. The van der Waals surface area contributed by atoms with E-state index < -0.39 is 0 Å². The quantitative estimate of drug-likeness (QED) is 0.888. The maximum Gasteiger partial charge on any atom is 0.0846 e. The highest BCUT2D eigenvalue weighted by atomic mass is 79.9. The van der Waals surface area contributed by atoms with Crippen LogP contribution in [0, 0.1) is 0 Å². The fourth-order valence-electron chi connectivity index (χ4n) is 0.895. The second-order valence-corrected chi connectivity index (χ2v) is 5.84. The minimum Gasteiger partial charge on any atom is -0.392 e. The summed E-state index contributed by atoms with van der Waals surface area (Å²) in [5.74, 6) is 0. The van der Waals surface area contributed by atoms with E-state index in [1.54, 1.807) is 11.3 Å². The van der Waals surface area contributed by atoms with Crippen molar-refractivity contribution in [2.24, 2.45) is 0 Å². The van der Waals surface area contributed by atoms with E-state index in [4.69, 9.17) is 5.11 Å². The zero-order valence-corrected chi connectivity index (χ0v) is 11.2. The Bertz CT molecular complexity index is 292. The van der Waals surface area contributed by atoms with Crippen LogP contribution in [-0.4, -0.2) is 11.7 Å². The van der Waals surface area contributed by atoms with Crippen molar-refractivity contribution in [3.05, 3.63) is 24.8 Å². The molecule has 4 heteroatoms. The van der Waals surface area contributed by atoms with E-state index in [0.29, 0.717) is 0 Å². The molecule has 0 aliphatic rings. The fraction of sp³-hybridized carbons (Fsp3) is 0.333. The molecule has 13 heavy (non-hydrogen) atoms. The number of aliphatic hydroxyl groups is 1.